The van der Waals surface area contributed by atoms with Crippen LogP contribution in [-0.2, 0) is 9.53 Å². The summed E-state index contributed by atoms with van der Waals surface area (Å²) in [7, 11) is 0. The molecule has 0 bridgehead atoms. The molecule has 0 amide bonds. The zero-order chi connectivity index (χ0) is 12.4. The van der Waals surface area contributed by atoms with Gasteiger partial charge in [0.15, 0.2) is 6.10 Å². The first kappa shape index (κ1) is 12.1. The van der Waals surface area contributed by atoms with E-state index >= 15 is 0 Å². The predicted molar refractivity (Wildman–Crippen MR) is 67.6 cm³/mol. The summed E-state index contributed by atoms with van der Waals surface area (Å²) in [5.41, 5.74) is 1.47. The maximum absolute atomic E-state index is 11.4. The summed E-state index contributed by atoms with van der Waals surface area (Å²) < 4.78 is 5.67. The minimum absolute atomic E-state index is 0.256. The topological polar surface area (TPSA) is 62.3 Å². The number of ether oxygens (including phenoxy) is 1. The van der Waals surface area contributed by atoms with E-state index in [9.17, 15) is 9.90 Å². The van der Waals surface area contributed by atoms with Gasteiger partial charge in [0.1, 0.15) is 0 Å². The van der Waals surface area contributed by atoms with Gasteiger partial charge in [-0.3, -0.25) is 0 Å². The number of nitrogens with one attached hydrogen (secondary N) is 1. The molecule has 0 fully saturated rings. The summed E-state index contributed by atoms with van der Waals surface area (Å²) in [6.45, 7) is 1.96. The van der Waals surface area contributed by atoms with Gasteiger partial charge in [-0.1, -0.05) is 6.07 Å². The van der Waals surface area contributed by atoms with Gasteiger partial charge in [0.05, 0.1) is 6.61 Å². The van der Waals surface area contributed by atoms with Crippen LogP contribution in [0, 0.1) is 0 Å². The first-order chi connectivity index (χ1) is 8.13. The molecule has 0 saturated heterocycles. The second-order valence-corrected chi connectivity index (χ2v) is 4.45. The van der Waals surface area contributed by atoms with Crippen LogP contribution in [0.25, 0.3) is 10.9 Å². The Morgan fingerprint density at radius 2 is 2.35 bits per heavy atom. The highest BCUT2D eigenvalue weighted by Gasteiger charge is 2.19. The number of benzene rings is 1. The molecule has 90 valence electrons. The fourth-order valence-corrected chi connectivity index (χ4v) is 2.07. The van der Waals surface area contributed by atoms with Gasteiger partial charge in [-0.25, -0.2) is 4.79 Å². The van der Waals surface area contributed by atoms with Crippen LogP contribution in [0.5, 0.6) is 0 Å². The molecular weight excluding hydrogens is 286 g/mol. The molecule has 5 heteroatoms. The molecule has 1 aromatic carbocycles. The maximum atomic E-state index is 11.4. The van der Waals surface area contributed by atoms with Crippen LogP contribution in [0.4, 0.5) is 0 Å². The lowest BCUT2D eigenvalue weighted by molar-refractivity contribution is -0.153. The molecule has 2 rings (SSSR count). The molecule has 4 nitrogen and oxygen atoms in total. The Morgan fingerprint density at radius 1 is 1.59 bits per heavy atom. The van der Waals surface area contributed by atoms with Crippen molar-refractivity contribution in [1.82, 2.24) is 4.98 Å². The van der Waals surface area contributed by atoms with Gasteiger partial charge in [-0.2, -0.15) is 0 Å². The number of aromatic amines is 1. The first-order valence-corrected chi connectivity index (χ1v) is 6.04. The van der Waals surface area contributed by atoms with Crippen molar-refractivity contribution in [2.45, 2.75) is 13.0 Å². The summed E-state index contributed by atoms with van der Waals surface area (Å²) in [5, 5.41) is 10.7. The number of esters is 1. The predicted octanol–water partition coefficient (Wildman–Crippen LogP) is 2.53. The number of hydrogen-bond donors (Lipinski definition) is 2. The number of hydrogen-bond acceptors (Lipinski definition) is 3. The van der Waals surface area contributed by atoms with Gasteiger partial charge in [0.25, 0.3) is 0 Å². The van der Waals surface area contributed by atoms with Crippen molar-refractivity contribution in [2.75, 3.05) is 6.61 Å². The van der Waals surface area contributed by atoms with Crippen LogP contribution in [0.2, 0.25) is 0 Å². The monoisotopic (exact) mass is 297 g/mol. The van der Waals surface area contributed by atoms with E-state index in [1.807, 2.05) is 12.3 Å². The molecule has 1 unspecified atom stereocenters. The van der Waals surface area contributed by atoms with E-state index in [0.717, 1.165) is 15.4 Å². The minimum Gasteiger partial charge on any atom is -0.464 e. The van der Waals surface area contributed by atoms with Crippen LogP contribution >= 0.6 is 15.9 Å². The summed E-state index contributed by atoms with van der Waals surface area (Å²) >= 11 is 3.39. The van der Waals surface area contributed by atoms with Crippen molar-refractivity contribution in [3.8, 4) is 0 Å². The third-order valence-corrected chi connectivity index (χ3v) is 3.14. The second kappa shape index (κ2) is 4.89. The van der Waals surface area contributed by atoms with E-state index in [0.29, 0.717) is 5.56 Å². The van der Waals surface area contributed by atoms with Gasteiger partial charge < -0.3 is 14.8 Å². The fourth-order valence-electron chi connectivity index (χ4n) is 1.63. The van der Waals surface area contributed by atoms with Gasteiger partial charge in [0.2, 0.25) is 0 Å². The highest BCUT2D eigenvalue weighted by atomic mass is 79.9. The van der Waals surface area contributed by atoms with E-state index < -0.39 is 12.1 Å². The van der Waals surface area contributed by atoms with E-state index in [1.165, 1.54) is 0 Å². The Kier molecular flexibility index (Phi) is 3.49. The largest absolute Gasteiger partial charge is 0.464 e. The molecule has 0 aliphatic rings. The number of aliphatic hydroxyl groups is 1. The van der Waals surface area contributed by atoms with E-state index in [4.69, 9.17) is 4.74 Å². The molecule has 1 aromatic heterocycles. The molecule has 2 N–H and O–H groups in total. The molecule has 1 heterocycles. The molecule has 2 aromatic rings. The summed E-state index contributed by atoms with van der Waals surface area (Å²) in [4.78, 5) is 14.5. The molecule has 0 saturated carbocycles. The Labute approximate surface area is 107 Å². The van der Waals surface area contributed by atoms with Gasteiger partial charge in [-0.15, -0.1) is 0 Å². The Hall–Kier alpha value is -1.33. The number of rotatable bonds is 3. The molecule has 0 aliphatic heterocycles. The van der Waals surface area contributed by atoms with E-state index in [2.05, 4.69) is 20.9 Å². The summed E-state index contributed by atoms with van der Waals surface area (Å²) in [6, 6.07) is 5.28. The molecule has 0 aliphatic carbocycles. The minimum atomic E-state index is -1.24. The molecule has 0 radical (unpaired) electrons. The number of carbonyl (C=O) groups excluding carboxylic acids is 1. The van der Waals surface area contributed by atoms with Crippen molar-refractivity contribution >= 4 is 32.8 Å². The molecule has 1 atom stereocenters. The Bertz CT molecular complexity index is 550. The van der Waals surface area contributed by atoms with Crippen molar-refractivity contribution < 1.29 is 14.6 Å². The summed E-state index contributed by atoms with van der Waals surface area (Å²) in [6.07, 6.45) is 0.576. The lowest BCUT2D eigenvalue weighted by Crippen LogP contribution is -2.15. The van der Waals surface area contributed by atoms with Crippen LogP contribution in [-0.4, -0.2) is 22.7 Å². The standard InChI is InChI=1S/C12H12BrNO3/c1-2-17-12(16)11(15)7-3-4-10-8(5-7)9(13)6-14-10/h3-6,11,14-15H,2H2,1H3. The zero-order valence-corrected chi connectivity index (χ0v) is 10.8. The number of aromatic nitrogens is 1. The third kappa shape index (κ3) is 2.35. The quantitative estimate of drug-likeness (QED) is 0.856. The van der Waals surface area contributed by atoms with Crippen LogP contribution in [0.3, 0.4) is 0 Å². The molecule has 17 heavy (non-hydrogen) atoms. The van der Waals surface area contributed by atoms with Crippen molar-refractivity contribution in [3.63, 3.8) is 0 Å². The van der Waals surface area contributed by atoms with Crippen LogP contribution < -0.4 is 0 Å². The van der Waals surface area contributed by atoms with Crippen molar-refractivity contribution in [1.29, 1.82) is 0 Å². The lowest BCUT2D eigenvalue weighted by atomic mass is 10.1. The van der Waals surface area contributed by atoms with Gasteiger partial charge in [-0.05, 0) is 40.5 Å². The second-order valence-electron chi connectivity index (χ2n) is 3.60. The van der Waals surface area contributed by atoms with Crippen LogP contribution in [0.15, 0.2) is 28.9 Å². The highest BCUT2D eigenvalue weighted by Crippen LogP contribution is 2.27. The van der Waals surface area contributed by atoms with Gasteiger partial charge >= 0.3 is 5.97 Å². The summed E-state index contributed by atoms with van der Waals surface area (Å²) in [5.74, 6) is -0.626. The van der Waals surface area contributed by atoms with Crippen molar-refractivity contribution in [3.05, 3.63) is 34.4 Å². The number of H-pyrrole nitrogens is 1. The normalized spacial score (nSPS) is 12.6. The number of fused-ring (bicyclic) bond motifs is 1. The number of aliphatic hydroxyl groups excluding tert-OH is 1. The molecular formula is C12H12BrNO3. The number of halogens is 1. The molecule has 0 spiro atoms. The fraction of sp³-hybridized carbons (Fsp3) is 0.250. The number of carbonyl (C=O) groups is 1. The van der Waals surface area contributed by atoms with E-state index in [-0.39, 0.29) is 6.61 Å². The average molecular weight is 298 g/mol. The maximum Gasteiger partial charge on any atom is 0.339 e. The SMILES string of the molecule is CCOC(=O)C(O)c1ccc2[nH]cc(Br)c2c1. The smallest absolute Gasteiger partial charge is 0.339 e. The van der Waals surface area contributed by atoms with E-state index in [1.54, 1.807) is 19.1 Å². The third-order valence-electron chi connectivity index (χ3n) is 2.48. The Balaban J connectivity index is 2.35. The van der Waals surface area contributed by atoms with Crippen molar-refractivity contribution in [2.24, 2.45) is 0 Å². The van der Waals surface area contributed by atoms with Gasteiger partial charge in [0, 0.05) is 21.6 Å². The Morgan fingerprint density at radius 3 is 3.06 bits per heavy atom. The zero-order valence-electron chi connectivity index (χ0n) is 9.24. The van der Waals surface area contributed by atoms with Crippen LogP contribution in [0.1, 0.15) is 18.6 Å². The average Bonchev–Trinajstić information content (AvgIpc) is 2.70. The highest BCUT2D eigenvalue weighted by molar-refractivity contribution is 9.10. The lowest BCUT2D eigenvalue weighted by Gasteiger charge is -2.09. The first-order valence-electron chi connectivity index (χ1n) is 5.24.